The SMILES string of the molecule is C=C(C)CCC[C@]1(C)OC(=O)[C@]23CC=C4[C@@H](CC[C@H]5C(C)(C)[C@@H](O[C@@H]6OC[C@@H](OS(=O)(=O)[O-])[C@H](O)[C@H]6O[C@@H]6O[C@H](C)[C@@H](O[C@@H]7O[C@H](COS(=O)(=O)[O-])[C@@H](O)[C@H](O[C@@H]8O[C@H](COS(=O)(=O)[O-])[C@@H](O)[C@H](OO)[C@H]8O)[C@H]7O)[C@H](O)[C@H]6O)CC[C@]45C)[C@]2(C)CC(=O)[C@@H]31.[Na+].[Na+].[Na+]. The van der Waals surface area contributed by atoms with Crippen molar-refractivity contribution in [3.05, 3.63) is 23.8 Å². The Kier molecular flexibility index (Phi) is 26.6. The van der Waals surface area contributed by atoms with Gasteiger partial charge in [0.1, 0.15) is 90.7 Å². The number of cyclic esters (lactones) is 1. The summed E-state index contributed by atoms with van der Waals surface area (Å²) >= 11 is 0. The Morgan fingerprint density at radius 3 is 1.79 bits per heavy atom. The molecule has 0 aromatic carbocycles. The molecule has 8 fully saturated rings. The van der Waals surface area contributed by atoms with Crippen LogP contribution in [0.5, 0.6) is 0 Å². The van der Waals surface area contributed by atoms with Crippen molar-refractivity contribution >= 4 is 42.9 Å². The first-order valence-electron chi connectivity index (χ1n) is 28.9. The van der Waals surface area contributed by atoms with Crippen molar-refractivity contribution in [1.29, 1.82) is 0 Å². The first-order valence-corrected chi connectivity index (χ1v) is 32.9. The van der Waals surface area contributed by atoms with Crippen LogP contribution in [-0.2, 0) is 101 Å². The third-order valence-corrected chi connectivity index (χ3v) is 21.7. The maximum Gasteiger partial charge on any atom is 1.00 e. The van der Waals surface area contributed by atoms with Crippen molar-refractivity contribution in [3.63, 3.8) is 0 Å². The minimum absolute atomic E-state index is 0. The predicted molar refractivity (Wildman–Crippen MR) is 283 cm³/mol. The molecular formula is C53H79Na3O32S3. The van der Waals surface area contributed by atoms with Gasteiger partial charge in [0.15, 0.2) is 31.3 Å². The number of hydrogen-bond acceptors (Lipinski definition) is 32. The Morgan fingerprint density at radius 1 is 0.681 bits per heavy atom. The third kappa shape index (κ3) is 15.9. The van der Waals surface area contributed by atoms with Gasteiger partial charge in [0.25, 0.3) is 0 Å². The van der Waals surface area contributed by atoms with Crippen LogP contribution in [0.1, 0.15) is 106 Å². The summed E-state index contributed by atoms with van der Waals surface area (Å²) in [7, 11) is -16.5. The van der Waals surface area contributed by atoms with Crippen molar-refractivity contribution in [1.82, 2.24) is 0 Å². The molecule has 0 unspecified atom stereocenters. The molecule has 504 valence electrons. The summed E-state index contributed by atoms with van der Waals surface area (Å²) < 4.78 is 170. The van der Waals surface area contributed by atoms with Crippen LogP contribution in [0.3, 0.4) is 0 Å². The summed E-state index contributed by atoms with van der Waals surface area (Å²) in [5.41, 5.74) is -1.77. The fourth-order valence-corrected chi connectivity index (χ4v) is 17.3. The van der Waals surface area contributed by atoms with Gasteiger partial charge in [0.2, 0.25) is 31.2 Å². The van der Waals surface area contributed by atoms with Gasteiger partial charge in [0, 0.05) is 6.42 Å². The number of allylic oxidation sites excluding steroid dienone is 3. The minimum Gasteiger partial charge on any atom is -0.726 e. The number of ketones is 1. The van der Waals surface area contributed by atoms with Gasteiger partial charge in [0.05, 0.1) is 43.4 Å². The molecule has 91 heavy (non-hydrogen) atoms. The monoisotopic (exact) mass is 1390 g/mol. The molecule has 0 aromatic heterocycles. The number of aliphatic hydroxyl groups is 7. The summed E-state index contributed by atoms with van der Waals surface area (Å²) in [6.45, 7) is 14.0. The van der Waals surface area contributed by atoms with E-state index in [1.807, 2.05) is 27.7 Å². The number of esters is 1. The number of fused-ring (bicyclic) bond motifs is 4. The zero-order chi connectivity index (χ0) is 65.0. The van der Waals surface area contributed by atoms with E-state index in [0.29, 0.717) is 44.9 Å². The second kappa shape index (κ2) is 30.0. The standard InChI is InChI=1S/C53H82O32S3.3Na/c1-22(2)10-9-15-52(8)43-26(54)18-51(7)25-11-12-30-49(4,5)31(14-16-50(30,6)24(25)13-17-53(43,51)48(62)83-52)79-47-42(34(57)29(19-73-47)85-88(70,71)72)82-44-36(59)35(58)39(23(3)76-44)80-45-37(60)40(32(55)27(77-45)20-74-86(64,65)66)81-46-38(61)41(84-63)33(56)28(78-46)21-75-87(67,68)69;;;/h13,23,25,27-47,55-61,63H,1,9-12,14-21H2,2-8H3,(H,64,65,66)(H,67,68,69)(H,70,71,72);;;/q;3*+1/p-3/t23-,25-,27-,28-,29-,30+,31+,32-,33-,34+,35-,36-,37-,38-,39-,40+,41+,42-,43-,44+,45+,46+,47+,50-,51+,52+,53-;;;/m1.../s1. The molecule has 8 N–H and O–H groups in total. The topological polar surface area (TPSA) is 488 Å². The number of carbonyl (C=O) groups excluding carboxylic acids is 2. The second-order valence-electron chi connectivity index (χ2n) is 26.2. The average Bonchev–Trinajstić information content (AvgIpc) is 1.55. The van der Waals surface area contributed by atoms with Crippen LogP contribution in [0.25, 0.3) is 0 Å². The summed E-state index contributed by atoms with van der Waals surface area (Å²) in [6, 6.07) is 0. The van der Waals surface area contributed by atoms with Crippen molar-refractivity contribution in [3.8, 4) is 0 Å². The van der Waals surface area contributed by atoms with E-state index in [4.69, 9.17) is 42.6 Å². The van der Waals surface area contributed by atoms with Gasteiger partial charge >= 0.3 is 94.6 Å². The fraction of sp³-hybridized carbons (Fsp3) is 0.887. The number of ether oxygens (including phenoxy) is 9. The molecule has 5 saturated heterocycles. The Bertz CT molecular complexity index is 2990. The molecule has 1 spiro atoms. The summed E-state index contributed by atoms with van der Waals surface area (Å²) in [6.07, 6.45) is -33.0. The second-order valence-corrected chi connectivity index (χ2v) is 29.3. The van der Waals surface area contributed by atoms with E-state index in [0.717, 1.165) is 17.6 Å². The molecule has 4 aliphatic carbocycles. The number of aliphatic hydroxyl groups excluding tert-OH is 7. The van der Waals surface area contributed by atoms with Gasteiger partial charge in [-0.05, 0) is 100 Å². The maximum absolute atomic E-state index is 14.4. The van der Waals surface area contributed by atoms with Crippen LogP contribution in [0.4, 0.5) is 0 Å². The normalized spacial score (nSPS) is 45.5. The Balaban J connectivity index is 0.00000439. The molecule has 0 amide bonds. The average molecular weight is 1390 g/mol. The molecule has 38 heteroatoms. The molecule has 0 bridgehead atoms. The number of rotatable bonds is 21. The molecule has 3 saturated carbocycles. The number of hydrogen-bond donors (Lipinski definition) is 8. The van der Waals surface area contributed by atoms with Gasteiger partial charge in [-0.25, -0.2) is 30.1 Å². The summed E-state index contributed by atoms with van der Waals surface area (Å²) in [4.78, 5) is 32.8. The van der Waals surface area contributed by atoms with E-state index < -0.39 is 207 Å². The third-order valence-electron chi connectivity index (χ3n) is 20.3. The first-order chi connectivity index (χ1) is 40.7. The van der Waals surface area contributed by atoms with E-state index in [1.165, 1.54) is 6.92 Å². The van der Waals surface area contributed by atoms with E-state index in [-0.39, 0.29) is 119 Å². The zero-order valence-electron chi connectivity index (χ0n) is 52.1. The van der Waals surface area contributed by atoms with Crippen LogP contribution in [-0.4, -0.2) is 240 Å². The molecule has 0 aromatic rings. The van der Waals surface area contributed by atoms with Crippen molar-refractivity contribution in [2.75, 3.05) is 19.8 Å². The molecule has 9 aliphatic rings. The maximum atomic E-state index is 14.4. The van der Waals surface area contributed by atoms with E-state index in [1.54, 1.807) is 0 Å². The fourth-order valence-electron chi connectivity index (χ4n) is 16.2. The predicted octanol–water partition coefficient (Wildman–Crippen LogP) is -10.9. The molecule has 5 aliphatic heterocycles. The van der Waals surface area contributed by atoms with Crippen LogP contribution < -0.4 is 88.7 Å². The molecule has 5 heterocycles. The van der Waals surface area contributed by atoms with E-state index in [9.17, 15) is 89.5 Å². The van der Waals surface area contributed by atoms with Crippen LogP contribution >= 0.6 is 0 Å². The van der Waals surface area contributed by atoms with Crippen molar-refractivity contribution in [2.45, 2.75) is 235 Å². The van der Waals surface area contributed by atoms with Gasteiger partial charge in [-0.2, -0.15) is 0 Å². The quantitative estimate of drug-likeness (QED) is 0.00773. The van der Waals surface area contributed by atoms with Gasteiger partial charge in [-0.15, -0.1) is 6.58 Å². The smallest absolute Gasteiger partial charge is 0.726 e. The molecule has 9 rings (SSSR count). The van der Waals surface area contributed by atoms with Gasteiger partial charge in [-0.3, -0.25) is 27.4 Å². The van der Waals surface area contributed by atoms with Gasteiger partial charge in [-0.1, -0.05) is 44.9 Å². The van der Waals surface area contributed by atoms with E-state index >= 15 is 0 Å². The summed E-state index contributed by atoms with van der Waals surface area (Å²) in [5.74, 6) is -1.15. The van der Waals surface area contributed by atoms with Crippen LogP contribution in [0.2, 0.25) is 0 Å². The molecule has 32 nitrogen and oxygen atoms in total. The summed E-state index contributed by atoms with van der Waals surface area (Å²) in [5, 5.41) is 89.0. The van der Waals surface area contributed by atoms with E-state index in [2.05, 4.69) is 43.9 Å². The largest absolute Gasteiger partial charge is 1.00 e. The molecule has 27 atom stereocenters. The number of carbonyl (C=O) groups is 2. The van der Waals surface area contributed by atoms with Crippen LogP contribution in [0, 0.1) is 39.4 Å². The Hall–Kier alpha value is 0.550. The van der Waals surface area contributed by atoms with Crippen molar-refractivity contribution in [2.24, 2.45) is 39.4 Å². The van der Waals surface area contributed by atoms with Crippen LogP contribution in [0.15, 0.2) is 23.8 Å². The first kappa shape index (κ1) is 80.5. The molecular weight excluding hydrogens is 1310 g/mol. The Morgan fingerprint density at radius 2 is 1.23 bits per heavy atom. The van der Waals surface area contributed by atoms with Crippen molar-refractivity contribution < 1.29 is 238 Å². The minimum atomic E-state index is -5.54. The van der Waals surface area contributed by atoms with Gasteiger partial charge < -0.3 is 92.0 Å². The zero-order valence-corrected chi connectivity index (χ0v) is 60.6. The number of Topliss-reactive ketones (excluding diaryl/α,β-unsaturated/α-hetero) is 1. The Labute approximate surface area is 593 Å². The molecule has 0 radical (unpaired) electrons.